The summed E-state index contributed by atoms with van der Waals surface area (Å²) in [5.74, 6) is 1.49. The number of rotatable bonds is 5. The third-order valence-electron chi connectivity index (χ3n) is 3.02. The van der Waals surface area contributed by atoms with Gasteiger partial charge >= 0.3 is 0 Å². The first-order chi connectivity index (χ1) is 10.3. The Bertz CT molecular complexity index is 782. The molecular formula is C14H14N6S. The first kappa shape index (κ1) is 13.7. The van der Waals surface area contributed by atoms with Crippen LogP contribution in [-0.4, -0.2) is 30.4 Å². The smallest absolute Gasteiger partial charge is 0.161 e. The highest BCUT2D eigenvalue weighted by Crippen LogP contribution is 2.28. The molecule has 2 aromatic heterocycles. The zero-order chi connectivity index (χ0) is 14.7. The fraction of sp³-hybridized carbons (Fsp3) is 0.214. The summed E-state index contributed by atoms with van der Waals surface area (Å²) < 4.78 is 1.74. The number of aromatic nitrogens is 6. The predicted octanol–water partition coefficient (Wildman–Crippen LogP) is 2.40. The molecule has 3 rings (SSSR count). The zero-order valence-electron chi connectivity index (χ0n) is 11.6. The van der Waals surface area contributed by atoms with Gasteiger partial charge < -0.3 is 0 Å². The van der Waals surface area contributed by atoms with Crippen LogP contribution < -0.4 is 0 Å². The van der Waals surface area contributed by atoms with E-state index in [0.717, 1.165) is 21.6 Å². The summed E-state index contributed by atoms with van der Waals surface area (Å²) in [4.78, 5) is 1.08. The molecule has 0 fully saturated rings. The molecule has 0 atom stereocenters. The molecule has 106 valence electrons. The molecule has 0 aliphatic heterocycles. The number of allylic oxidation sites excluding steroid dienone is 1. The Balaban J connectivity index is 1.86. The molecule has 0 saturated heterocycles. The van der Waals surface area contributed by atoms with Crippen LogP contribution >= 0.6 is 11.8 Å². The minimum Gasteiger partial charge on any atom is -0.225 e. The largest absolute Gasteiger partial charge is 0.225 e. The lowest BCUT2D eigenvalue weighted by atomic mass is 10.1. The molecule has 7 heteroatoms. The Morgan fingerprint density at radius 3 is 3.10 bits per heavy atom. The van der Waals surface area contributed by atoms with Gasteiger partial charge in [-0.3, -0.25) is 0 Å². The summed E-state index contributed by atoms with van der Waals surface area (Å²) >= 11 is 1.66. The second-order valence-corrected chi connectivity index (χ2v) is 5.60. The van der Waals surface area contributed by atoms with Crippen molar-refractivity contribution in [3.05, 3.63) is 48.4 Å². The van der Waals surface area contributed by atoms with Crippen LogP contribution in [0.25, 0.3) is 10.9 Å². The second kappa shape index (κ2) is 6.01. The van der Waals surface area contributed by atoms with Crippen LogP contribution in [0, 0.1) is 6.92 Å². The third-order valence-corrected chi connectivity index (χ3v) is 4.06. The molecule has 0 bridgehead atoms. The van der Waals surface area contributed by atoms with Crippen molar-refractivity contribution >= 4 is 22.7 Å². The highest BCUT2D eigenvalue weighted by atomic mass is 32.2. The Morgan fingerprint density at radius 2 is 2.24 bits per heavy atom. The van der Waals surface area contributed by atoms with Crippen molar-refractivity contribution in [1.82, 2.24) is 30.4 Å². The van der Waals surface area contributed by atoms with E-state index in [9.17, 15) is 0 Å². The van der Waals surface area contributed by atoms with Gasteiger partial charge in [0.05, 0.1) is 24.0 Å². The van der Waals surface area contributed by atoms with Gasteiger partial charge in [-0.25, -0.2) is 4.68 Å². The molecule has 2 heterocycles. The SMILES string of the molecule is C=CCn1nnnc1CSc1cnnc2ccc(C)cc12. The van der Waals surface area contributed by atoms with Crippen LogP contribution in [0.2, 0.25) is 0 Å². The monoisotopic (exact) mass is 298 g/mol. The Hall–Kier alpha value is -2.28. The highest BCUT2D eigenvalue weighted by Gasteiger charge is 2.08. The first-order valence-corrected chi connectivity index (χ1v) is 7.47. The van der Waals surface area contributed by atoms with Crippen molar-refractivity contribution in [2.45, 2.75) is 24.1 Å². The summed E-state index contributed by atoms with van der Waals surface area (Å²) in [6.07, 6.45) is 3.56. The summed E-state index contributed by atoms with van der Waals surface area (Å²) in [7, 11) is 0. The average molecular weight is 298 g/mol. The summed E-state index contributed by atoms with van der Waals surface area (Å²) in [5, 5.41) is 21.0. The number of nitrogens with zero attached hydrogens (tertiary/aromatic N) is 6. The van der Waals surface area contributed by atoms with Crippen LogP contribution in [0.3, 0.4) is 0 Å². The number of aryl methyl sites for hydroxylation is 1. The normalized spacial score (nSPS) is 10.9. The van der Waals surface area contributed by atoms with Gasteiger partial charge in [-0.15, -0.1) is 23.4 Å². The van der Waals surface area contributed by atoms with E-state index >= 15 is 0 Å². The number of hydrogen-bond acceptors (Lipinski definition) is 6. The molecule has 0 amide bonds. The zero-order valence-corrected chi connectivity index (χ0v) is 12.4. The maximum atomic E-state index is 4.15. The lowest BCUT2D eigenvalue weighted by Crippen LogP contribution is -2.03. The minimum absolute atomic E-state index is 0.608. The Labute approximate surface area is 126 Å². The van der Waals surface area contributed by atoms with Crippen molar-refractivity contribution < 1.29 is 0 Å². The van der Waals surface area contributed by atoms with E-state index in [1.807, 2.05) is 12.1 Å². The molecule has 0 N–H and O–H groups in total. The van der Waals surface area contributed by atoms with E-state index < -0.39 is 0 Å². The van der Waals surface area contributed by atoms with Gasteiger partial charge in [0.15, 0.2) is 5.82 Å². The summed E-state index contributed by atoms with van der Waals surface area (Å²) in [6.45, 7) is 6.38. The summed E-state index contributed by atoms with van der Waals surface area (Å²) in [6, 6.07) is 6.15. The lowest BCUT2D eigenvalue weighted by molar-refractivity contribution is 0.643. The van der Waals surface area contributed by atoms with Gasteiger partial charge in [-0.05, 0) is 29.5 Å². The molecule has 0 radical (unpaired) electrons. The Kier molecular flexibility index (Phi) is 3.92. The number of thioether (sulfide) groups is 1. The maximum Gasteiger partial charge on any atom is 0.161 e. The van der Waals surface area contributed by atoms with E-state index in [2.05, 4.69) is 45.3 Å². The molecule has 1 aromatic carbocycles. The number of benzene rings is 1. The third kappa shape index (κ3) is 2.92. The number of tetrazole rings is 1. The van der Waals surface area contributed by atoms with Crippen LogP contribution in [0.4, 0.5) is 0 Å². The fourth-order valence-corrected chi connectivity index (χ4v) is 2.93. The van der Waals surface area contributed by atoms with Crippen molar-refractivity contribution in [3.63, 3.8) is 0 Å². The molecular weight excluding hydrogens is 284 g/mol. The molecule has 6 nitrogen and oxygen atoms in total. The van der Waals surface area contributed by atoms with Gasteiger partial charge in [0, 0.05) is 10.3 Å². The average Bonchev–Trinajstić information content (AvgIpc) is 2.93. The lowest BCUT2D eigenvalue weighted by Gasteiger charge is -2.05. The molecule has 0 unspecified atom stereocenters. The van der Waals surface area contributed by atoms with Crippen LogP contribution in [0.5, 0.6) is 0 Å². The molecule has 0 aliphatic carbocycles. The Morgan fingerprint density at radius 1 is 1.33 bits per heavy atom. The molecule has 0 aliphatic rings. The van der Waals surface area contributed by atoms with E-state index in [1.54, 1.807) is 28.7 Å². The topological polar surface area (TPSA) is 69.4 Å². The number of hydrogen-bond donors (Lipinski definition) is 0. The van der Waals surface area contributed by atoms with E-state index in [4.69, 9.17) is 0 Å². The van der Waals surface area contributed by atoms with Crippen LogP contribution in [0.15, 0.2) is 41.9 Å². The maximum absolute atomic E-state index is 4.15. The molecule has 3 aromatic rings. The van der Waals surface area contributed by atoms with Crippen LogP contribution in [0.1, 0.15) is 11.4 Å². The second-order valence-electron chi connectivity index (χ2n) is 4.58. The van der Waals surface area contributed by atoms with E-state index in [-0.39, 0.29) is 0 Å². The molecule has 0 saturated carbocycles. The minimum atomic E-state index is 0.608. The van der Waals surface area contributed by atoms with Gasteiger partial charge in [-0.1, -0.05) is 17.7 Å². The standard InChI is InChI=1S/C14H14N6S/c1-3-6-20-14(17-18-19-20)9-21-13-8-15-16-12-5-4-10(2)7-11(12)13/h3-5,7-8H,1,6,9H2,2H3. The summed E-state index contributed by atoms with van der Waals surface area (Å²) in [5.41, 5.74) is 2.10. The predicted molar refractivity (Wildman–Crippen MR) is 81.9 cm³/mol. The fourth-order valence-electron chi connectivity index (χ4n) is 2.00. The molecule has 21 heavy (non-hydrogen) atoms. The highest BCUT2D eigenvalue weighted by molar-refractivity contribution is 7.98. The first-order valence-electron chi connectivity index (χ1n) is 6.48. The van der Waals surface area contributed by atoms with Gasteiger partial charge in [0.2, 0.25) is 0 Å². The van der Waals surface area contributed by atoms with Gasteiger partial charge in [-0.2, -0.15) is 10.2 Å². The van der Waals surface area contributed by atoms with Crippen molar-refractivity contribution in [1.29, 1.82) is 0 Å². The van der Waals surface area contributed by atoms with Crippen molar-refractivity contribution in [2.75, 3.05) is 0 Å². The van der Waals surface area contributed by atoms with Gasteiger partial charge in [0.1, 0.15) is 0 Å². The molecule has 0 spiro atoms. The van der Waals surface area contributed by atoms with Crippen LogP contribution in [-0.2, 0) is 12.3 Å². The van der Waals surface area contributed by atoms with E-state index in [0.29, 0.717) is 12.3 Å². The van der Waals surface area contributed by atoms with Crippen molar-refractivity contribution in [2.24, 2.45) is 0 Å². The quantitative estimate of drug-likeness (QED) is 0.532. The van der Waals surface area contributed by atoms with Gasteiger partial charge in [0.25, 0.3) is 0 Å². The number of fused-ring (bicyclic) bond motifs is 1. The van der Waals surface area contributed by atoms with Crippen molar-refractivity contribution in [3.8, 4) is 0 Å². The van der Waals surface area contributed by atoms with E-state index in [1.165, 1.54) is 5.56 Å².